The molecule has 6 heteroatoms. The van der Waals surface area contributed by atoms with E-state index in [1.54, 1.807) is 43.3 Å². The van der Waals surface area contributed by atoms with E-state index < -0.39 is 0 Å². The Morgan fingerprint density at radius 2 is 2.00 bits per heavy atom. The summed E-state index contributed by atoms with van der Waals surface area (Å²) in [5.41, 5.74) is 1.69. The molecular weight excluding hydrogens is 296 g/mol. The van der Waals surface area contributed by atoms with E-state index in [4.69, 9.17) is 8.94 Å². The molecule has 1 amide bonds. The van der Waals surface area contributed by atoms with Gasteiger partial charge in [-0.05, 0) is 38.1 Å². The first-order chi connectivity index (χ1) is 11.1. The highest BCUT2D eigenvalue weighted by Crippen LogP contribution is 2.26. The fourth-order valence-corrected chi connectivity index (χ4v) is 2.23. The third kappa shape index (κ3) is 2.91. The number of anilines is 1. The first-order valence-corrected chi connectivity index (χ1v) is 6.99. The van der Waals surface area contributed by atoms with Gasteiger partial charge in [0.05, 0.1) is 6.26 Å². The Bertz CT molecular complexity index is 863. The Balaban J connectivity index is 1.91. The normalized spacial score (nSPS) is 10.5. The maximum atomic E-state index is 12.6. The van der Waals surface area contributed by atoms with E-state index in [1.807, 2.05) is 0 Å². The molecule has 1 N–H and O–H groups in total. The Kier molecular flexibility index (Phi) is 3.80. The molecule has 2 heterocycles. The maximum absolute atomic E-state index is 12.6. The van der Waals surface area contributed by atoms with Crippen LogP contribution in [0.25, 0.3) is 11.5 Å². The van der Waals surface area contributed by atoms with Gasteiger partial charge in [-0.1, -0.05) is 17.3 Å². The van der Waals surface area contributed by atoms with Crippen molar-refractivity contribution in [3.63, 3.8) is 0 Å². The predicted molar refractivity (Wildman–Crippen MR) is 83.3 cm³/mol. The summed E-state index contributed by atoms with van der Waals surface area (Å²) in [6.07, 6.45) is 1.50. The van der Waals surface area contributed by atoms with Crippen LogP contribution in [0.1, 0.15) is 33.4 Å². The van der Waals surface area contributed by atoms with E-state index >= 15 is 0 Å². The van der Waals surface area contributed by atoms with Crippen molar-refractivity contribution in [1.82, 2.24) is 5.16 Å². The van der Waals surface area contributed by atoms with E-state index in [2.05, 4.69) is 10.5 Å². The largest absolute Gasteiger partial charge is 0.463 e. The summed E-state index contributed by atoms with van der Waals surface area (Å²) in [5, 5.41) is 6.63. The summed E-state index contributed by atoms with van der Waals surface area (Å²) in [7, 11) is 0. The van der Waals surface area contributed by atoms with Gasteiger partial charge in [0.2, 0.25) is 0 Å². The van der Waals surface area contributed by atoms with E-state index in [-0.39, 0.29) is 11.7 Å². The van der Waals surface area contributed by atoms with Gasteiger partial charge in [-0.3, -0.25) is 9.59 Å². The topological polar surface area (TPSA) is 85.3 Å². The number of aryl methyl sites for hydroxylation is 1. The summed E-state index contributed by atoms with van der Waals surface area (Å²) >= 11 is 0. The average molecular weight is 310 g/mol. The zero-order chi connectivity index (χ0) is 16.4. The molecule has 116 valence electrons. The standard InChI is InChI=1S/C17H14N2O4/c1-10(20)12-5-3-6-13(9-12)18-17(21)15-11(2)23-19-16(15)14-7-4-8-22-14/h3-9H,1-2H3,(H,18,21). The summed E-state index contributed by atoms with van der Waals surface area (Å²) in [6, 6.07) is 10.1. The highest BCUT2D eigenvalue weighted by atomic mass is 16.5. The van der Waals surface area contributed by atoms with Crippen molar-refractivity contribution in [2.24, 2.45) is 0 Å². The third-order valence-electron chi connectivity index (χ3n) is 3.37. The van der Waals surface area contributed by atoms with E-state index in [0.717, 1.165) is 0 Å². The molecule has 0 saturated heterocycles. The minimum atomic E-state index is -0.379. The fourth-order valence-electron chi connectivity index (χ4n) is 2.23. The number of aromatic nitrogens is 1. The van der Waals surface area contributed by atoms with Crippen molar-refractivity contribution in [1.29, 1.82) is 0 Å². The number of rotatable bonds is 4. The molecule has 0 aliphatic heterocycles. The molecule has 2 aromatic heterocycles. The van der Waals surface area contributed by atoms with Crippen LogP contribution in [0.2, 0.25) is 0 Å². The zero-order valence-electron chi connectivity index (χ0n) is 12.6. The van der Waals surface area contributed by atoms with E-state index in [0.29, 0.717) is 34.0 Å². The first-order valence-electron chi connectivity index (χ1n) is 6.99. The highest BCUT2D eigenvalue weighted by molar-refractivity contribution is 6.09. The number of nitrogens with zero attached hydrogens (tertiary/aromatic N) is 1. The van der Waals surface area contributed by atoms with Crippen LogP contribution in [-0.2, 0) is 0 Å². The molecule has 3 aromatic rings. The number of carbonyl (C=O) groups excluding carboxylic acids is 2. The number of ketones is 1. The van der Waals surface area contributed by atoms with Gasteiger partial charge in [0.1, 0.15) is 11.3 Å². The lowest BCUT2D eigenvalue weighted by Crippen LogP contribution is -2.13. The minimum absolute atomic E-state index is 0.0708. The smallest absolute Gasteiger partial charge is 0.261 e. The number of hydrogen-bond donors (Lipinski definition) is 1. The highest BCUT2D eigenvalue weighted by Gasteiger charge is 2.23. The molecule has 0 atom stereocenters. The van der Waals surface area contributed by atoms with Crippen molar-refractivity contribution in [2.45, 2.75) is 13.8 Å². The van der Waals surface area contributed by atoms with Crippen LogP contribution in [-0.4, -0.2) is 16.8 Å². The molecule has 0 spiro atoms. The summed E-state index contributed by atoms with van der Waals surface area (Å²) in [4.78, 5) is 24.0. The van der Waals surface area contributed by atoms with E-state index in [1.165, 1.54) is 13.2 Å². The lowest BCUT2D eigenvalue weighted by Gasteiger charge is -2.06. The molecule has 23 heavy (non-hydrogen) atoms. The molecule has 0 saturated carbocycles. The van der Waals surface area contributed by atoms with Crippen molar-refractivity contribution in [2.75, 3.05) is 5.32 Å². The lowest BCUT2D eigenvalue weighted by molar-refractivity contribution is 0.101. The Hall–Kier alpha value is -3.15. The minimum Gasteiger partial charge on any atom is -0.463 e. The van der Waals surface area contributed by atoms with Crippen LogP contribution >= 0.6 is 0 Å². The van der Waals surface area contributed by atoms with Crippen LogP contribution in [0, 0.1) is 6.92 Å². The number of nitrogens with one attached hydrogen (secondary N) is 1. The van der Waals surface area contributed by atoms with Crippen LogP contribution in [0.15, 0.2) is 51.6 Å². The van der Waals surface area contributed by atoms with Gasteiger partial charge >= 0.3 is 0 Å². The van der Waals surface area contributed by atoms with E-state index in [9.17, 15) is 9.59 Å². The molecular formula is C17H14N2O4. The molecule has 0 aliphatic rings. The Morgan fingerprint density at radius 1 is 1.17 bits per heavy atom. The number of amides is 1. The quantitative estimate of drug-likeness (QED) is 0.743. The van der Waals surface area contributed by atoms with Gasteiger partial charge in [0.15, 0.2) is 17.2 Å². The summed E-state index contributed by atoms with van der Waals surface area (Å²) in [6.45, 7) is 3.13. The van der Waals surface area contributed by atoms with Gasteiger partial charge < -0.3 is 14.3 Å². The third-order valence-corrected chi connectivity index (χ3v) is 3.37. The molecule has 0 bridgehead atoms. The molecule has 0 aliphatic carbocycles. The second-order valence-electron chi connectivity index (χ2n) is 5.03. The molecule has 0 fully saturated rings. The molecule has 3 rings (SSSR count). The first kappa shape index (κ1) is 14.8. The number of carbonyl (C=O) groups is 2. The number of furan rings is 1. The average Bonchev–Trinajstić information content (AvgIpc) is 3.16. The van der Waals surface area contributed by atoms with Crippen LogP contribution in [0.5, 0.6) is 0 Å². The fraction of sp³-hybridized carbons (Fsp3) is 0.118. The second-order valence-corrected chi connectivity index (χ2v) is 5.03. The van der Waals surface area contributed by atoms with Gasteiger partial charge in [0.25, 0.3) is 5.91 Å². The predicted octanol–water partition coefficient (Wildman–Crippen LogP) is 3.70. The van der Waals surface area contributed by atoms with Gasteiger partial charge in [0, 0.05) is 11.3 Å². The number of benzene rings is 1. The van der Waals surface area contributed by atoms with Crippen molar-refractivity contribution >= 4 is 17.4 Å². The van der Waals surface area contributed by atoms with Gasteiger partial charge in [-0.15, -0.1) is 0 Å². The van der Waals surface area contributed by atoms with Crippen molar-refractivity contribution < 1.29 is 18.5 Å². The monoisotopic (exact) mass is 310 g/mol. The van der Waals surface area contributed by atoms with Crippen molar-refractivity contribution in [3.05, 3.63) is 59.5 Å². The maximum Gasteiger partial charge on any atom is 0.261 e. The number of Topliss-reactive ketones (excluding diaryl/α,β-unsaturated/α-hetero) is 1. The van der Waals surface area contributed by atoms with Gasteiger partial charge in [-0.25, -0.2) is 0 Å². The second kappa shape index (κ2) is 5.92. The zero-order valence-corrected chi connectivity index (χ0v) is 12.6. The molecule has 1 aromatic carbocycles. The summed E-state index contributed by atoms with van der Waals surface area (Å²) < 4.78 is 10.4. The molecule has 6 nitrogen and oxygen atoms in total. The Labute approximate surface area is 132 Å². The van der Waals surface area contributed by atoms with Crippen LogP contribution in [0.4, 0.5) is 5.69 Å². The Morgan fingerprint density at radius 3 is 2.70 bits per heavy atom. The summed E-state index contributed by atoms with van der Waals surface area (Å²) in [5.74, 6) is 0.385. The molecule has 0 radical (unpaired) electrons. The molecule has 0 unspecified atom stereocenters. The van der Waals surface area contributed by atoms with Crippen LogP contribution < -0.4 is 5.32 Å². The van der Waals surface area contributed by atoms with Gasteiger partial charge in [-0.2, -0.15) is 0 Å². The number of hydrogen-bond acceptors (Lipinski definition) is 5. The SMILES string of the molecule is CC(=O)c1cccc(NC(=O)c2c(-c3ccco3)noc2C)c1. The van der Waals surface area contributed by atoms with Crippen molar-refractivity contribution in [3.8, 4) is 11.5 Å². The van der Waals surface area contributed by atoms with Crippen LogP contribution in [0.3, 0.4) is 0 Å². The lowest BCUT2D eigenvalue weighted by atomic mass is 10.1.